The van der Waals surface area contributed by atoms with Crippen LogP contribution in [-0.2, 0) is 19.7 Å². The van der Waals surface area contributed by atoms with E-state index >= 15 is 0 Å². The Morgan fingerprint density at radius 2 is 1.42 bits per heavy atom. The van der Waals surface area contributed by atoms with Crippen LogP contribution in [0, 0.1) is 0 Å². The maximum atomic E-state index is 11.6. The molecule has 0 aliphatic carbocycles. The zero-order valence-electron chi connectivity index (χ0n) is 10.3. The van der Waals surface area contributed by atoms with Gasteiger partial charge >= 0.3 is 0 Å². The number of furan rings is 1. The van der Waals surface area contributed by atoms with Gasteiger partial charge in [0, 0.05) is 18.1 Å². The maximum Gasteiger partial charge on any atom is 0.175 e. The summed E-state index contributed by atoms with van der Waals surface area (Å²) in [6.07, 6.45) is 3.49. The molecule has 0 saturated heterocycles. The van der Waals surface area contributed by atoms with Crippen LogP contribution >= 0.6 is 0 Å². The normalized spacial score (nSPS) is 12.5. The molecular weight excluding hydrogens is 288 g/mol. The largest absolute Gasteiger partial charge is 0.464 e. The summed E-state index contributed by atoms with van der Waals surface area (Å²) < 4.78 is 51.6. The molecule has 0 spiro atoms. The molecule has 0 bridgehead atoms. The summed E-state index contributed by atoms with van der Waals surface area (Å²) in [7, 11) is -7.01. The first kappa shape index (κ1) is 13.8. The maximum absolute atomic E-state index is 11.6. The second-order valence-electron chi connectivity index (χ2n) is 4.21. The molecule has 7 heteroatoms. The highest BCUT2D eigenvalue weighted by molar-refractivity contribution is 7.91. The van der Waals surface area contributed by atoms with Crippen molar-refractivity contribution in [2.75, 3.05) is 12.5 Å². The molecule has 5 nitrogen and oxygen atoms in total. The molecule has 0 aliphatic rings. The number of benzene rings is 1. The van der Waals surface area contributed by atoms with E-state index in [1.54, 1.807) is 12.1 Å². The second kappa shape index (κ2) is 4.50. The first-order valence-corrected chi connectivity index (χ1v) is 9.05. The fourth-order valence-electron chi connectivity index (χ4n) is 1.58. The van der Waals surface area contributed by atoms with Crippen LogP contribution in [0.1, 0.15) is 0 Å². The molecule has 19 heavy (non-hydrogen) atoms. The predicted octanol–water partition coefficient (Wildman–Crippen LogP) is 1.75. The van der Waals surface area contributed by atoms with Crippen LogP contribution in [0.15, 0.2) is 50.8 Å². The minimum Gasteiger partial charge on any atom is -0.464 e. The van der Waals surface area contributed by atoms with Crippen molar-refractivity contribution in [3.05, 3.63) is 36.6 Å². The lowest BCUT2D eigenvalue weighted by atomic mass is 10.2. The zero-order chi connectivity index (χ0) is 14.3. The van der Waals surface area contributed by atoms with Gasteiger partial charge in [-0.1, -0.05) is 0 Å². The zero-order valence-corrected chi connectivity index (χ0v) is 12.0. The van der Waals surface area contributed by atoms with E-state index in [0.29, 0.717) is 11.3 Å². The van der Waals surface area contributed by atoms with E-state index in [0.717, 1.165) is 18.6 Å². The number of hydrogen-bond acceptors (Lipinski definition) is 5. The van der Waals surface area contributed by atoms with E-state index in [-0.39, 0.29) is 9.79 Å². The summed E-state index contributed by atoms with van der Waals surface area (Å²) in [6, 6.07) is 7.21. The van der Waals surface area contributed by atoms with E-state index in [2.05, 4.69) is 0 Å². The number of hydrogen-bond donors (Lipinski definition) is 0. The van der Waals surface area contributed by atoms with Crippen LogP contribution < -0.4 is 0 Å². The van der Waals surface area contributed by atoms with Gasteiger partial charge in [0.2, 0.25) is 0 Å². The van der Waals surface area contributed by atoms with Crippen molar-refractivity contribution in [3.63, 3.8) is 0 Å². The summed E-state index contributed by atoms with van der Waals surface area (Å²) in [6.45, 7) is 0. The Hall–Kier alpha value is -1.60. The minimum absolute atomic E-state index is 0.0539. The molecule has 0 amide bonds. The summed E-state index contributed by atoms with van der Waals surface area (Å²) in [5.74, 6) is 0.412. The molecule has 0 saturated carbocycles. The van der Waals surface area contributed by atoms with Gasteiger partial charge in [-0.15, -0.1) is 0 Å². The standard InChI is InChI=1S/C12H12O5S2/c1-18(13,14)10-6-9(12-4-3-5-17-12)7-11(8-10)19(2,15)16/h3-8H,1-2H3. The molecule has 102 valence electrons. The van der Waals surface area contributed by atoms with Crippen LogP contribution in [0.3, 0.4) is 0 Å². The van der Waals surface area contributed by atoms with Crippen LogP contribution in [0.25, 0.3) is 11.3 Å². The topological polar surface area (TPSA) is 81.4 Å². The third-order valence-corrected chi connectivity index (χ3v) is 4.73. The summed E-state index contributed by atoms with van der Waals surface area (Å²) in [5, 5.41) is 0. The van der Waals surface area contributed by atoms with Gasteiger partial charge in [0.15, 0.2) is 19.7 Å². The average molecular weight is 300 g/mol. The van der Waals surface area contributed by atoms with Gasteiger partial charge < -0.3 is 4.42 Å². The van der Waals surface area contributed by atoms with Crippen LogP contribution in [0.2, 0.25) is 0 Å². The van der Waals surface area contributed by atoms with Crippen molar-refractivity contribution in [2.24, 2.45) is 0 Å². The van der Waals surface area contributed by atoms with Crippen LogP contribution in [-0.4, -0.2) is 29.3 Å². The first-order valence-electron chi connectivity index (χ1n) is 5.27. The average Bonchev–Trinajstić information content (AvgIpc) is 2.79. The quantitative estimate of drug-likeness (QED) is 0.862. The monoisotopic (exact) mass is 300 g/mol. The molecular formula is C12H12O5S2. The van der Waals surface area contributed by atoms with Gasteiger partial charge in [-0.05, 0) is 30.3 Å². The lowest BCUT2D eigenvalue weighted by Gasteiger charge is -2.06. The van der Waals surface area contributed by atoms with Crippen molar-refractivity contribution < 1.29 is 21.3 Å². The molecule has 0 radical (unpaired) electrons. The highest BCUT2D eigenvalue weighted by atomic mass is 32.2. The highest BCUT2D eigenvalue weighted by Gasteiger charge is 2.17. The van der Waals surface area contributed by atoms with E-state index < -0.39 is 19.7 Å². The molecule has 2 aromatic rings. The smallest absolute Gasteiger partial charge is 0.175 e. The van der Waals surface area contributed by atoms with Crippen molar-refractivity contribution >= 4 is 19.7 Å². The molecule has 0 fully saturated rings. The van der Waals surface area contributed by atoms with Gasteiger partial charge in [0.1, 0.15) is 5.76 Å². The van der Waals surface area contributed by atoms with E-state index in [9.17, 15) is 16.8 Å². The Morgan fingerprint density at radius 3 is 1.79 bits per heavy atom. The molecule has 0 atom stereocenters. The Balaban J connectivity index is 2.77. The lowest BCUT2D eigenvalue weighted by molar-refractivity contribution is 0.581. The fraction of sp³-hybridized carbons (Fsp3) is 0.167. The predicted molar refractivity (Wildman–Crippen MR) is 70.4 cm³/mol. The molecule has 1 aromatic heterocycles. The first-order chi connectivity index (χ1) is 8.68. The molecule has 1 heterocycles. The third-order valence-electron chi connectivity index (χ3n) is 2.54. The molecule has 0 N–H and O–H groups in total. The van der Waals surface area contributed by atoms with E-state index in [1.165, 1.54) is 18.4 Å². The van der Waals surface area contributed by atoms with Gasteiger partial charge in [-0.25, -0.2) is 16.8 Å². The fourth-order valence-corrected chi connectivity index (χ4v) is 3.02. The third kappa shape index (κ3) is 3.05. The van der Waals surface area contributed by atoms with Gasteiger partial charge in [-0.2, -0.15) is 0 Å². The molecule has 0 aliphatic heterocycles. The van der Waals surface area contributed by atoms with Crippen molar-refractivity contribution in [2.45, 2.75) is 9.79 Å². The Labute approximate surface area is 111 Å². The van der Waals surface area contributed by atoms with E-state index in [1.807, 2.05) is 0 Å². The van der Waals surface area contributed by atoms with Gasteiger partial charge in [0.25, 0.3) is 0 Å². The molecule has 2 rings (SSSR count). The summed E-state index contributed by atoms with van der Waals surface area (Å²) in [5.41, 5.74) is 0.411. The van der Waals surface area contributed by atoms with Gasteiger partial charge in [0.05, 0.1) is 16.1 Å². The number of sulfone groups is 2. The highest BCUT2D eigenvalue weighted by Crippen LogP contribution is 2.27. The lowest BCUT2D eigenvalue weighted by Crippen LogP contribution is -2.03. The number of rotatable bonds is 3. The Bertz CT molecular complexity index is 750. The van der Waals surface area contributed by atoms with E-state index in [4.69, 9.17) is 4.42 Å². The molecule has 1 aromatic carbocycles. The van der Waals surface area contributed by atoms with Crippen molar-refractivity contribution in [1.29, 1.82) is 0 Å². The SMILES string of the molecule is CS(=O)(=O)c1cc(-c2ccco2)cc(S(C)(=O)=O)c1. The Kier molecular flexibility index (Phi) is 3.27. The van der Waals surface area contributed by atoms with Crippen molar-refractivity contribution in [3.8, 4) is 11.3 Å². The summed E-state index contributed by atoms with van der Waals surface area (Å²) >= 11 is 0. The minimum atomic E-state index is -3.51. The van der Waals surface area contributed by atoms with Gasteiger partial charge in [-0.3, -0.25) is 0 Å². The van der Waals surface area contributed by atoms with Crippen molar-refractivity contribution in [1.82, 2.24) is 0 Å². The van der Waals surface area contributed by atoms with Crippen LogP contribution in [0.5, 0.6) is 0 Å². The molecule has 0 unspecified atom stereocenters. The second-order valence-corrected chi connectivity index (χ2v) is 8.25. The van der Waals surface area contributed by atoms with Crippen LogP contribution in [0.4, 0.5) is 0 Å². The summed E-state index contributed by atoms with van der Waals surface area (Å²) in [4.78, 5) is -0.108. The Morgan fingerprint density at radius 1 is 0.895 bits per heavy atom.